The Hall–Kier alpha value is -1.03. The Morgan fingerprint density at radius 1 is 1.53 bits per heavy atom. The van der Waals surface area contributed by atoms with Crippen molar-refractivity contribution in [2.45, 2.75) is 39.4 Å². The smallest absolute Gasteiger partial charge is 0.205 e. The van der Waals surface area contributed by atoms with E-state index in [-0.39, 0.29) is 0 Å². The van der Waals surface area contributed by atoms with Crippen LogP contribution in [-0.2, 0) is 6.54 Å². The van der Waals surface area contributed by atoms with E-state index in [1.54, 1.807) is 0 Å². The Balaban J connectivity index is 2.20. The molecule has 0 saturated carbocycles. The van der Waals surface area contributed by atoms with Crippen molar-refractivity contribution in [3.63, 3.8) is 0 Å². The topological polar surface area (TPSA) is 33.1 Å². The van der Waals surface area contributed by atoms with Gasteiger partial charge in [-0.2, -0.15) is 0 Å². The van der Waals surface area contributed by atoms with Crippen LogP contribution in [0.1, 0.15) is 20.8 Å². The molecule has 0 aliphatic carbocycles. The maximum atomic E-state index is 4.46. The van der Waals surface area contributed by atoms with Crippen molar-refractivity contribution < 1.29 is 0 Å². The van der Waals surface area contributed by atoms with Gasteiger partial charge in [0.25, 0.3) is 0 Å². The van der Waals surface area contributed by atoms with Gasteiger partial charge in [0.05, 0.1) is 0 Å². The fourth-order valence-electron chi connectivity index (χ4n) is 2.11. The van der Waals surface area contributed by atoms with Gasteiger partial charge < -0.3 is 14.8 Å². The maximum Gasteiger partial charge on any atom is 0.205 e. The molecule has 15 heavy (non-hydrogen) atoms. The largest absolute Gasteiger partial charge is 0.337 e. The number of aryl methyl sites for hydroxylation is 1. The monoisotopic (exact) mass is 208 g/mol. The summed E-state index contributed by atoms with van der Waals surface area (Å²) in [5.41, 5.74) is 0. The van der Waals surface area contributed by atoms with E-state index in [0.29, 0.717) is 12.1 Å². The van der Waals surface area contributed by atoms with Gasteiger partial charge >= 0.3 is 0 Å². The summed E-state index contributed by atoms with van der Waals surface area (Å²) in [6, 6.07) is 1.07. The van der Waals surface area contributed by atoms with E-state index < -0.39 is 0 Å². The molecule has 2 unspecified atom stereocenters. The zero-order valence-corrected chi connectivity index (χ0v) is 9.77. The first-order valence-electron chi connectivity index (χ1n) is 5.73. The molecule has 1 aliphatic heterocycles. The third-order valence-electron chi connectivity index (χ3n) is 3.06. The van der Waals surface area contributed by atoms with Crippen LogP contribution in [0.5, 0.6) is 0 Å². The Morgan fingerprint density at radius 2 is 2.33 bits per heavy atom. The van der Waals surface area contributed by atoms with Gasteiger partial charge in [0.15, 0.2) is 0 Å². The highest BCUT2D eigenvalue weighted by atomic mass is 15.3. The van der Waals surface area contributed by atoms with E-state index in [1.165, 1.54) is 0 Å². The molecule has 4 heteroatoms. The van der Waals surface area contributed by atoms with Crippen LogP contribution in [0.4, 0.5) is 5.95 Å². The molecule has 0 amide bonds. The number of aromatic nitrogens is 2. The molecule has 1 N–H and O–H groups in total. The van der Waals surface area contributed by atoms with Gasteiger partial charge in [0, 0.05) is 44.1 Å². The fourth-order valence-corrected chi connectivity index (χ4v) is 2.11. The lowest BCUT2D eigenvalue weighted by Gasteiger charge is -2.38. The standard InChI is InChI=1S/C11H20N4/c1-4-14-6-5-12-11(14)15-8-9(2)13-7-10(15)3/h5-6,9-10,13H,4,7-8H2,1-3H3. The highest BCUT2D eigenvalue weighted by Crippen LogP contribution is 2.17. The number of rotatable bonds is 2. The molecule has 1 aromatic heterocycles. The molecule has 0 aromatic carbocycles. The lowest BCUT2D eigenvalue weighted by molar-refractivity contribution is 0.416. The summed E-state index contributed by atoms with van der Waals surface area (Å²) in [5.74, 6) is 1.11. The Bertz CT molecular complexity index is 320. The second kappa shape index (κ2) is 4.23. The number of nitrogens with zero attached hydrogens (tertiary/aromatic N) is 3. The Morgan fingerprint density at radius 3 is 3.07 bits per heavy atom. The summed E-state index contributed by atoms with van der Waals surface area (Å²) in [5, 5.41) is 3.48. The van der Waals surface area contributed by atoms with E-state index in [4.69, 9.17) is 0 Å². The van der Waals surface area contributed by atoms with Crippen molar-refractivity contribution in [3.8, 4) is 0 Å². The normalized spacial score (nSPS) is 27.0. The first-order chi connectivity index (χ1) is 7.22. The zero-order chi connectivity index (χ0) is 10.8. The van der Waals surface area contributed by atoms with Crippen LogP contribution >= 0.6 is 0 Å². The summed E-state index contributed by atoms with van der Waals surface area (Å²) in [6.45, 7) is 9.68. The quantitative estimate of drug-likeness (QED) is 0.790. The first kappa shape index (κ1) is 10.5. The summed E-state index contributed by atoms with van der Waals surface area (Å²) >= 11 is 0. The van der Waals surface area contributed by atoms with Gasteiger partial charge in [-0.3, -0.25) is 0 Å². The molecule has 1 aromatic rings. The van der Waals surface area contributed by atoms with Gasteiger partial charge in [-0.15, -0.1) is 0 Å². The number of imidazole rings is 1. The molecule has 1 fully saturated rings. The molecule has 2 heterocycles. The average Bonchev–Trinajstić information content (AvgIpc) is 2.69. The number of hydrogen-bond acceptors (Lipinski definition) is 3. The van der Waals surface area contributed by atoms with Crippen LogP contribution in [0.15, 0.2) is 12.4 Å². The summed E-state index contributed by atoms with van der Waals surface area (Å²) in [4.78, 5) is 6.85. The highest BCUT2D eigenvalue weighted by Gasteiger charge is 2.24. The van der Waals surface area contributed by atoms with Gasteiger partial charge in [-0.1, -0.05) is 0 Å². The van der Waals surface area contributed by atoms with Gasteiger partial charge in [0.1, 0.15) is 0 Å². The van der Waals surface area contributed by atoms with Crippen molar-refractivity contribution >= 4 is 5.95 Å². The van der Waals surface area contributed by atoms with Crippen LogP contribution < -0.4 is 10.2 Å². The van der Waals surface area contributed by atoms with Crippen molar-refractivity contribution in [2.24, 2.45) is 0 Å². The van der Waals surface area contributed by atoms with E-state index in [2.05, 4.69) is 46.7 Å². The lowest BCUT2D eigenvalue weighted by atomic mass is 10.1. The minimum absolute atomic E-state index is 0.522. The van der Waals surface area contributed by atoms with Crippen LogP contribution in [0.2, 0.25) is 0 Å². The number of nitrogens with one attached hydrogen (secondary N) is 1. The highest BCUT2D eigenvalue weighted by molar-refractivity contribution is 5.34. The lowest BCUT2D eigenvalue weighted by Crippen LogP contribution is -2.55. The predicted molar refractivity (Wildman–Crippen MR) is 62.2 cm³/mol. The SMILES string of the molecule is CCn1ccnc1N1CC(C)NCC1C. The molecule has 84 valence electrons. The second-order valence-electron chi connectivity index (χ2n) is 4.32. The molecule has 0 radical (unpaired) electrons. The molecule has 0 spiro atoms. The van der Waals surface area contributed by atoms with Gasteiger partial charge in [0.2, 0.25) is 5.95 Å². The number of piperazine rings is 1. The minimum atomic E-state index is 0.522. The van der Waals surface area contributed by atoms with Crippen molar-refractivity contribution in [2.75, 3.05) is 18.0 Å². The second-order valence-corrected chi connectivity index (χ2v) is 4.32. The first-order valence-corrected chi connectivity index (χ1v) is 5.73. The Kier molecular flexibility index (Phi) is 2.95. The average molecular weight is 208 g/mol. The molecular weight excluding hydrogens is 188 g/mol. The molecular formula is C11H20N4. The minimum Gasteiger partial charge on any atom is -0.337 e. The van der Waals surface area contributed by atoms with E-state index >= 15 is 0 Å². The van der Waals surface area contributed by atoms with Crippen molar-refractivity contribution in [1.82, 2.24) is 14.9 Å². The summed E-state index contributed by atoms with van der Waals surface area (Å²) in [6.07, 6.45) is 3.94. The van der Waals surface area contributed by atoms with Crippen LogP contribution in [-0.4, -0.2) is 34.7 Å². The third kappa shape index (κ3) is 2.00. The maximum absolute atomic E-state index is 4.46. The van der Waals surface area contributed by atoms with Crippen LogP contribution in [0.3, 0.4) is 0 Å². The number of hydrogen-bond donors (Lipinski definition) is 1. The molecule has 0 bridgehead atoms. The van der Waals surface area contributed by atoms with Crippen LogP contribution in [0, 0.1) is 0 Å². The van der Waals surface area contributed by atoms with E-state index in [1.807, 2.05) is 6.20 Å². The van der Waals surface area contributed by atoms with Gasteiger partial charge in [-0.05, 0) is 20.8 Å². The molecule has 1 saturated heterocycles. The Labute approximate surface area is 91.3 Å². The number of anilines is 1. The van der Waals surface area contributed by atoms with E-state index in [0.717, 1.165) is 25.6 Å². The van der Waals surface area contributed by atoms with Gasteiger partial charge in [-0.25, -0.2) is 4.98 Å². The molecule has 2 atom stereocenters. The fraction of sp³-hybridized carbons (Fsp3) is 0.727. The van der Waals surface area contributed by atoms with Crippen molar-refractivity contribution in [3.05, 3.63) is 12.4 Å². The van der Waals surface area contributed by atoms with Crippen LogP contribution in [0.25, 0.3) is 0 Å². The summed E-state index contributed by atoms with van der Waals surface area (Å²) in [7, 11) is 0. The summed E-state index contributed by atoms with van der Waals surface area (Å²) < 4.78 is 2.20. The third-order valence-corrected chi connectivity index (χ3v) is 3.06. The van der Waals surface area contributed by atoms with Crippen molar-refractivity contribution in [1.29, 1.82) is 0 Å². The molecule has 4 nitrogen and oxygen atoms in total. The molecule has 2 rings (SSSR count). The molecule has 1 aliphatic rings. The zero-order valence-electron chi connectivity index (χ0n) is 9.77. The predicted octanol–water partition coefficient (Wildman–Crippen LogP) is 1.09. The van der Waals surface area contributed by atoms with E-state index in [9.17, 15) is 0 Å².